The SMILES string of the molecule is CC.CC/C=C(\C=C(\C)CC)c1nnc(-c2ccc(C(=O)ON)cc2)o1. The van der Waals surface area contributed by atoms with Gasteiger partial charge in [0.05, 0.1) is 5.56 Å². The van der Waals surface area contributed by atoms with E-state index in [0.29, 0.717) is 17.3 Å². The minimum absolute atomic E-state index is 0.356. The Morgan fingerprint density at radius 3 is 2.38 bits per heavy atom. The Hall–Kier alpha value is -2.73. The zero-order valence-electron chi connectivity index (χ0n) is 16.1. The van der Waals surface area contributed by atoms with Gasteiger partial charge in [0.1, 0.15) is 0 Å². The fourth-order valence-corrected chi connectivity index (χ4v) is 2.07. The second-order valence-corrected chi connectivity index (χ2v) is 5.31. The molecule has 0 amide bonds. The Balaban J connectivity index is 0.00000163. The van der Waals surface area contributed by atoms with Crippen LogP contribution in [0.5, 0.6) is 0 Å². The quantitative estimate of drug-likeness (QED) is 0.581. The van der Waals surface area contributed by atoms with Gasteiger partial charge in [0, 0.05) is 11.1 Å². The number of carbonyl (C=O) groups excluding carboxylic acids is 1. The summed E-state index contributed by atoms with van der Waals surface area (Å²) in [5.74, 6) is 5.14. The normalized spacial score (nSPS) is 11.6. The predicted molar refractivity (Wildman–Crippen MR) is 103 cm³/mol. The molecule has 0 radical (unpaired) electrons. The molecule has 1 heterocycles. The van der Waals surface area contributed by atoms with Crippen LogP contribution in [0.1, 0.15) is 63.7 Å². The third-order valence-electron chi connectivity index (χ3n) is 3.53. The van der Waals surface area contributed by atoms with Crippen LogP contribution in [0.2, 0.25) is 0 Å². The average Bonchev–Trinajstić information content (AvgIpc) is 3.18. The van der Waals surface area contributed by atoms with Crippen LogP contribution >= 0.6 is 0 Å². The molecule has 2 N–H and O–H groups in total. The van der Waals surface area contributed by atoms with Crippen molar-refractivity contribution >= 4 is 11.5 Å². The molecule has 1 aromatic carbocycles. The first-order valence-electron chi connectivity index (χ1n) is 8.81. The van der Waals surface area contributed by atoms with Gasteiger partial charge >= 0.3 is 5.97 Å². The number of hydrogen-bond donors (Lipinski definition) is 1. The molecular formula is C20H27N3O3. The Morgan fingerprint density at radius 2 is 1.85 bits per heavy atom. The minimum Gasteiger partial charge on any atom is -0.416 e. The monoisotopic (exact) mass is 357 g/mol. The van der Waals surface area contributed by atoms with Gasteiger partial charge in [0.2, 0.25) is 11.8 Å². The molecule has 6 heteroatoms. The number of nitrogens with zero attached hydrogens (tertiary/aromatic N) is 2. The molecule has 0 saturated carbocycles. The van der Waals surface area contributed by atoms with Gasteiger partial charge in [-0.1, -0.05) is 45.4 Å². The second kappa shape index (κ2) is 11.0. The summed E-state index contributed by atoms with van der Waals surface area (Å²) >= 11 is 0. The molecule has 0 atom stereocenters. The summed E-state index contributed by atoms with van der Waals surface area (Å²) in [6.07, 6.45) is 5.94. The van der Waals surface area contributed by atoms with Gasteiger partial charge < -0.3 is 9.25 Å². The molecule has 2 rings (SSSR count). The molecule has 0 aliphatic heterocycles. The maximum atomic E-state index is 11.3. The van der Waals surface area contributed by atoms with Crippen LogP contribution < -0.4 is 5.90 Å². The van der Waals surface area contributed by atoms with Crippen molar-refractivity contribution in [2.24, 2.45) is 5.90 Å². The molecule has 0 aliphatic rings. The Kier molecular flexibility index (Phi) is 9.01. The second-order valence-electron chi connectivity index (χ2n) is 5.31. The summed E-state index contributed by atoms with van der Waals surface area (Å²) in [5.41, 5.74) is 3.22. The van der Waals surface area contributed by atoms with Crippen LogP contribution in [0.3, 0.4) is 0 Å². The van der Waals surface area contributed by atoms with Crippen LogP contribution in [0.4, 0.5) is 0 Å². The van der Waals surface area contributed by atoms with Crippen molar-refractivity contribution in [3.63, 3.8) is 0 Å². The van der Waals surface area contributed by atoms with Gasteiger partial charge in [-0.05, 0) is 44.0 Å². The molecule has 6 nitrogen and oxygen atoms in total. The van der Waals surface area contributed by atoms with E-state index in [2.05, 4.69) is 48.0 Å². The first-order valence-corrected chi connectivity index (χ1v) is 8.81. The lowest BCUT2D eigenvalue weighted by Gasteiger charge is -2.00. The van der Waals surface area contributed by atoms with E-state index in [4.69, 9.17) is 10.3 Å². The van der Waals surface area contributed by atoms with Crippen molar-refractivity contribution in [2.45, 2.75) is 47.5 Å². The summed E-state index contributed by atoms with van der Waals surface area (Å²) < 4.78 is 5.78. The van der Waals surface area contributed by atoms with E-state index in [-0.39, 0.29) is 0 Å². The van der Waals surface area contributed by atoms with E-state index in [1.54, 1.807) is 24.3 Å². The molecule has 2 aromatic rings. The summed E-state index contributed by atoms with van der Waals surface area (Å²) in [6, 6.07) is 6.61. The van der Waals surface area contributed by atoms with Crippen LogP contribution in [-0.2, 0) is 4.84 Å². The number of allylic oxidation sites excluding steroid dienone is 4. The summed E-state index contributed by atoms with van der Waals surface area (Å²) in [5, 5.41) is 8.22. The van der Waals surface area contributed by atoms with Crippen LogP contribution in [0, 0.1) is 0 Å². The van der Waals surface area contributed by atoms with Crippen molar-refractivity contribution < 1.29 is 14.0 Å². The number of carbonyl (C=O) groups is 1. The summed E-state index contributed by atoms with van der Waals surface area (Å²) in [6.45, 7) is 10.2. The van der Waals surface area contributed by atoms with Gasteiger partial charge in [-0.3, -0.25) is 0 Å². The molecule has 26 heavy (non-hydrogen) atoms. The highest BCUT2D eigenvalue weighted by Gasteiger charge is 2.12. The Morgan fingerprint density at radius 1 is 1.19 bits per heavy atom. The fourth-order valence-electron chi connectivity index (χ4n) is 2.07. The van der Waals surface area contributed by atoms with Gasteiger partial charge in [-0.2, -0.15) is 5.90 Å². The summed E-state index contributed by atoms with van der Waals surface area (Å²) in [7, 11) is 0. The maximum Gasteiger partial charge on any atom is 0.356 e. The first-order chi connectivity index (χ1) is 12.6. The topological polar surface area (TPSA) is 91.2 Å². The predicted octanol–water partition coefficient (Wildman–Crippen LogP) is 4.94. The zero-order chi connectivity index (χ0) is 19.5. The van der Waals surface area contributed by atoms with Crippen molar-refractivity contribution in [1.82, 2.24) is 10.2 Å². The van der Waals surface area contributed by atoms with E-state index in [1.165, 1.54) is 5.57 Å². The Labute approximate surface area is 154 Å². The average molecular weight is 357 g/mol. The highest BCUT2D eigenvalue weighted by atomic mass is 16.7. The lowest BCUT2D eigenvalue weighted by atomic mass is 10.1. The van der Waals surface area contributed by atoms with Crippen molar-refractivity contribution in [2.75, 3.05) is 0 Å². The molecule has 0 bridgehead atoms. The maximum absolute atomic E-state index is 11.3. The molecule has 0 saturated heterocycles. The molecular weight excluding hydrogens is 330 g/mol. The Bertz CT molecular complexity index is 759. The number of aromatic nitrogens is 2. The van der Waals surface area contributed by atoms with Crippen LogP contribution in [0.15, 0.2) is 46.4 Å². The molecule has 140 valence electrons. The third-order valence-corrected chi connectivity index (χ3v) is 3.53. The molecule has 0 unspecified atom stereocenters. The van der Waals surface area contributed by atoms with Gasteiger partial charge in [-0.25, -0.2) is 4.79 Å². The van der Waals surface area contributed by atoms with Gasteiger partial charge in [-0.15, -0.1) is 10.2 Å². The fraction of sp³-hybridized carbons (Fsp3) is 0.350. The van der Waals surface area contributed by atoms with Gasteiger partial charge in [0.25, 0.3) is 0 Å². The van der Waals surface area contributed by atoms with Crippen molar-refractivity contribution in [1.29, 1.82) is 0 Å². The third kappa shape index (κ3) is 5.67. The number of nitrogens with two attached hydrogens (primary N) is 1. The lowest BCUT2D eigenvalue weighted by Crippen LogP contribution is -2.09. The van der Waals surface area contributed by atoms with E-state index >= 15 is 0 Å². The number of rotatable bonds is 6. The highest BCUT2D eigenvalue weighted by Crippen LogP contribution is 2.24. The number of benzene rings is 1. The van der Waals surface area contributed by atoms with E-state index in [9.17, 15) is 4.79 Å². The standard InChI is InChI=1S/C18H21N3O3.C2H6/c1-4-6-15(11-12(3)5-2)17-21-20-16(23-17)13-7-9-14(10-8-13)18(22)24-19;1-2/h6-11H,4-5,19H2,1-3H3;1-2H3/b12-11-,15-6+;. The summed E-state index contributed by atoms with van der Waals surface area (Å²) in [4.78, 5) is 15.5. The highest BCUT2D eigenvalue weighted by molar-refractivity contribution is 5.89. The molecule has 0 aliphatic carbocycles. The lowest BCUT2D eigenvalue weighted by molar-refractivity contribution is 0.0503. The smallest absolute Gasteiger partial charge is 0.356 e. The zero-order valence-corrected chi connectivity index (χ0v) is 16.1. The van der Waals surface area contributed by atoms with Crippen molar-refractivity contribution in [3.05, 3.63) is 53.4 Å². The first kappa shape index (κ1) is 21.3. The van der Waals surface area contributed by atoms with E-state index in [1.807, 2.05) is 13.8 Å². The van der Waals surface area contributed by atoms with Crippen LogP contribution in [-0.4, -0.2) is 16.2 Å². The minimum atomic E-state index is -0.596. The van der Waals surface area contributed by atoms with Gasteiger partial charge in [0.15, 0.2) is 0 Å². The van der Waals surface area contributed by atoms with E-state index in [0.717, 1.165) is 24.0 Å². The largest absolute Gasteiger partial charge is 0.416 e. The molecule has 1 aromatic heterocycles. The van der Waals surface area contributed by atoms with Crippen molar-refractivity contribution in [3.8, 4) is 11.5 Å². The van der Waals surface area contributed by atoms with Crippen LogP contribution in [0.25, 0.3) is 17.0 Å². The molecule has 0 fully saturated rings. The molecule has 0 spiro atoms. The van der Waals surface area contributed by atoms with E-state index < -0.39 is 5.97 Å². The number of hydrogen-bond acceptors (Lipinski definition) is 6.